The summed E-state index contributed by atoms with van der Waals surface area (Å²) in [6.07, 6.45) is 0. The number of halogens is 3. The standard InChI is InChI=1S/C16H12Cl3N3O/c17-11-4-5-12(18)14(19)13(11)16(23)22-10-3-1-2-9(8-10)15-20-6-7-21-15/h1-5,8H,6-7H2,(H,20,21)(H,22,23). The van der Waals surface area contributed by atoms with Crippen molar-refractivity contribution >= 4 is 52.2 Å². The summed E-state index contributed by atoms with van der Waals surface area (Å²) < 4.78 is 0. The first-order valence-electron chi connectivity index (χ1n) is 6.90. The van der Waals surface area contributed by atoms with Crippen LogP contribution in [0, 0.1) is 0 Å². The summed E-state index contributed by atoms with van der Waals surface area (Å²) in [7, 11) is 0. The SMILES string of the molecule is O=C(Nc1cccc(C2=NCCN2)c1)c1c(Cl)ccc(Cl)c1Cl. The zero-order valence-electron chi connectivity index (χ0n) is 11.9. The zero-order valence-corrected chi connectivity index (χ0v) is 14.1. The number of aliphatic imine (C=N–C) groups is 1. The molecule has 1 aliphatic rings. The molecule has 0 fully saturated rings. The fourth-order valence-corrected chi connectivity index (χ4v) is 2.96. The third kappa shape index (κ3) is 3.44. The van der Waals surface area contributed by atoms with Crippen molar-refractivity contribution in [3.8, 4) is 0 Å². The molecule has 0 saturated heterocycles. The van der Waals surface area contributed by atoms with E-state index in [9.17, 15) is 4.79 Å². The highest BCUT2D eigenvalue weighted by Crippen LogP contribution is 2.32. The lowest BCUT2D eigenvalue weighted by Gasteiger charge is -2.11. The highest BCUT2D eigenvalue weighted by atomic mass is 35.5. The fraction of sp³-hybridized carbons (Fsp3) is 0.125. The number of amidine groups is 1. The molecule has 1 aliphatic heterocycles. The number of amides is 1. The minimum atomic E-state index is -0.416. The quantitative estimate of drug-likeness (QED) is 0.796. The maximum absolute atomic E-state index is 12.5. The van der Waals surface area contributed by atoms with Gasteiger partial charge in [0.15, 0.2) is 0 Å². The minimum absolute atomic E-state index is 0.134. The number of carbonyl (C=O) groups excluding carboxylic acids is 1. The van der Waals surface area contributed by atoms with Gasteiger partial charge < -0.3 is 10.6 Å². The highest BCUT2D eigenvalue weighted by Gasteiger charge is 2.18. The van der Waals surface area contributed by atoms with Crippen molar-refractivity contribution in [1.82, 2.24) is 5.32 Å². The van der Waals surface area contributed by atoms with Crippen LogP contribution in [0.2, 0.25) is 15.1 Å². The molecule has 118 valence electrons. The molecule has 1 amide bonds. The maximum Gasteiger partial charge on any atom is 0.258 e. The zero-order chi connectivity index (χ0) is 16.4. The van der Waals surface area contributed by atoms with Crippen molar-refractivity contribution in [3.63, 3.8) is 0 Å². The van der Waals surface area contributed by atoms with Crippen molar-refractivity contribution in [2.75, 3.05) is 18.4 Å². The Morgan fingerprint density at radius 2 is 1.91 bits per heavy atom. The first kappa shape index (κ1) is 16.1. The molecule has 0 spiro atoms. The van der Waals surface area contributed by atoms with Gasteiger partial charge in [-0.2, -0.15) is 0 Å². The number of rotatable bonds is 3. The van der Waals surface area contributed by atoms with Crippen molar-refractivity contribution in [1.29, 1.82) is 0 Å². The molecule has 23 heavy (non-hydrogen) atoms. The van der Waals surface area contributed by atoms with E-state index in [1.807, 2.05) is 18.2 Å². The molecule has 0 bridgehead atoms. The van der Waals surface area contributed by atoms with Crippen LogP contribution in [0.3, 0.4) is 0 Å². The summed E-state index contributed by atoms with van der Waals surface area (Å²) in [5.74, 6) is 0.404. The second kappa shape index (κ2) is 6.79. The predicted octanol–water partition coefficient (Wildman–Crippen LogP) is 4.25. The van der Waals surface area contributed by atoms with E-state index in [2.05, 4.69) is 15.6 Å². The van der Waals surface area contributed by atoms with Gasteiger partial charge in [0.2, 0.25) is 0 Å². The van der Waals surface area contributed by atoms with Gasteiger partial charge >= 0.3 is 0 Å². The van der Waals surface area contributed by atoms with Crippen molar-refractivity contribution < 1.29 is 4.79 Å². The van der Waals surface area contributed by atoms with E-state index in [1.165, 1.54) is 6.07 Å². The Hall–Kier alpha value is -1.75. The summed E-state index contributed by atoms with van der Waals surface area (Å²) in [5, 5.41) is 6.63. The molecule has 4 nitrogen and oxygen atoms in total. The van der Waals surface area contributed by atoms with E-state index in [0.717, 1.165) is 24.5 Å². The Balaban J connectivity index is 1.86. The molecular formula is C16H12Cl3N3O. The number of hydrogen-bond donors (Lipinski definition) is 2. The van der Waals surface area contributed by atoms with Gasteiger partial charge in [-0.25, -0.2) is 0 Å². The van der Waals surface area contributed by atoms with Crippen LogP contribution in [0.25, 0.3) is 0 Å². The topological polar surface area (TPSA) is 53.5 Å². The van der Waals surface area contributed by atoms with Crippen LogP contribution in [0.5, 0.6) is 0 Å². The highest BCUT2D eigenvalue weighted by molar-refractivity contribution is 6.46. The lowest BCUT2D eigenvalue weighted by Crippen LogP contribution is -2.20. The van der Waals surface area contributed by atoms with Crippen LogP contribution >= 0.6 is 34.8 Å². The Bertz CT molecular complexity index is 805. The second-order valence-corrected chi connectivity index (χ2v) is 6.10. The van der Waals surface area contributed by atoms with Crippen LogP contribution in [0.15, 0.2) is 41.4 Å². The number of hydrogen-bond acceptors (Lipinski definition) is 3. The van der Waals surface area contributed by atoms with Crippen molar-refractivity contribution in [3.05, 3.63) is 62.6 Å². The van der Waals surface area contributed by atoms with Gasteiger partial charge in [0.25, 0.3) is 5.91 Å². The van der Waals surface area contributed by atoms with Gasteiger partial charge in [-0.05, 0) is 24.3 Å². The van der Waals surface area contributed by atoms with Crippen LogP contribution in [-0.4, -0.2) is 24.8 Å². The van der Waals surface area contributed by atoms with Gasteiger partial charge in [-0.3, -0.25) is 9.79 Å². The minimum Gasteiger partial charge on any atom is -0.368 e. The first-order chi connectivity index (χ1) is 11.1. The Kier molecular flexibility index (Phi) is 4.76. The van der Waals surface area contributed by atoms with Crippen molar-refractivity contribution in [2.45, 2.75) is 0 Å². The van der Waals surface area contributed by atoms with E-state index in [0.29, 0.717) is 5.69 Å². The van der Waals surface area contributed by atoms with E-state index in [1.54, 1.807) is 12.1 Å². The summed E-state index contributed by atoms with van der Waals surface area (Å²) >= 11 is 18.1. The maximum atomic E-state index is 12.5. The van der Waals surface area contributed by atoms with E-state index in [-0.39, 0.29) is 20.6 Å². The van der Waals surface area contributed by atoms with E-state index >= 15 is 0 Å². The molecule has 7 heteroatoms. The molecule has 0 atom stereocenters. The van der Waals surface area contributed by atoms with Crippen LogP contribution in [0.4, 0.5) is 5.69 Å². The van der Waals surface area contributed by atoms with Crippen LogP contribution in [-0.2, 0) is 0 Å². The molecule has 2 N–H and O–H groups in total. The predicted molar refractivity (Wildman–Crippen MR) is 95.3 cm³/mol. The Morgan fingerprint density at radius 3 is 2.65 bits per heavy atom. The molecule has 0 aliphatic carbocycles. The number of benzene rings is 2. The summed E-state index contributed by atoms with van der Waals surface area (Å²) in [6, 6.07) is 10.5. The normalized spacial score (nSPS) is 13.4. The molecular weight excluding hydrogens is 357 g/mol. The third-order valence-corrected chi connectivity index (χ3v) is 4.46. The third-order valence-electron chi connectivity index (χ3n) is 3.34. The molecule has 0 saturated carbocycles. The van der Waals surface area contributed by atoms with Gasteiger partial charge in [0.1, 0.15) is 5.84 Å². The average molecular weight is 369 g/mol. The Morgan fingerprint density at radius 1 is 1.13 bits per heavy atom. The van der Waals surface area contributed by atoms with Gasteiger partial charge in [0.05, 0.1) is 27.2 Å². The molecule has 0 radical (unpaired) electrons. The largest absolute Gasteiger partial charge is 0.368 e. The molecule has 1 heterocycles. The fourth-order valence-electron chi connectivity index (χ4n) is 2.26. The summed E-state index contributed by atoms with van der Waals surface area (Å²) in [5.41, 5.74) is 1.68. The summed E-state index contributed by atoms with van der Waals surface area (Å²) in [6.45, 7) is 1.57. The smallest absolute Gasteiger partial charge is 0.258 e. The van der Waals surface area contributed by atoms with Gasteiger partial charge in [-0.15, -0.1) is 0 Å². The first-order valence-corrected chi connectivity index (χ1v) is 8.03. The molecule has 2 aromatic carbocycles. The molecule has 3 rings (SSSR count). The second-order valence-electron chi connectivity index (χ2n) is 4.91. The number of nitrogens with zero attached hydrogens (tertiary/aromatic N) is 1. The lowest BCUT2D eigenvalue weighted by atomic mass is 10.1. The molecule has 0 unspecified atom stereocenters. The van der Waals surface area contributed by atoms with E-state index < -0.39 is 5.91 Å². The van der Waals surface area contributed by atoms with Crippen LogP contribution < -0.4 is 10.6 Å². The number of nitrogens with one attached hydrogen (secondary N) is 2. The van der Waals surface area contributed by atoms with Gasteiger partial charge in [-0.1, -0.05) is 46.9 Å². The number of anilines is 1. The summed E-state index contributed by atoms with van der Waals surface area (Å²) in [4.78, 5) is 16.8. The van der Waals surface area contributed by atoms with E-state index in [4.69, 9.17) is 34.8 Å². The molecule has 0 aromatic heterocycles. The monoisotopic (exact) mass is 367 g/mol. The lowest BCUT2D eigenvalue weighted by molar-refractivity contribution is 0.102. The van der Waals surface area contributed by atoms with Crippen LogP contribution in [0.1, 0.15) is 15.9 Å². The van der Waals surface area contributed by atoms with Gasteiger partial charge in [0, 0.05) is 17.8 Å². The van der Waals surface area contributed by atoms with Crippen molar-refractivity contribution in [2.24, 2.45) is 4.99 Å². The Labute approximate surface area is 148 Å². The molecule has 2 aromatic rings. The average Bonchev–Trinajstić information content (AvgIpc) is 3.06. The number of carbonyl (C=O) groups is 1.